The zero-order valence-corrected chi connectivity index (χ0v) is 16.0. The van der Waals surface area contributed by atoms with Crippen molar-refractivity contribution >= 4 is 11.8 Å². The van der Waals surface area contributed by atoms with Crippen LogP contribution < -0.4 is 0 Å². The predicted octanol–water partition coefficient (Wildman–Crippen LogP) is 2.06. The smallest absolute Gasteiger partial charge is 0.336 e. The minimum Gasteiger partial charge on any atom is -0.336 e. The topological polar surface area (TPSA) is 67.7 Å². The third-order valence-electron chi connectivity index (χ3n) is 5.37. The molecule has 0 N–H and O–H groups in total. The monoisotopic (exact) mass is 408 g/mol. The number of likely N-dealkylation sites (tertiary alicyclic amines) is 1. The lowest BCUT2D eigenvalue weighted by atomic mass is 10.0. The lowest BCUT2D eigenvalue weighted by molar-refractivity contribution is -0.168. The third-order valence-corrected chi connectivity index (χ3v) is 5.37. The van der Waals surface area contributed by atoms with Gasteiger partial charge in [-0.3, -0.25) is 14.5 Å². The van der Waals surface area contributed by atoms with Gasteiger partial charge in [0.2, 0.25) is 5.91 Å². The van der Waals surface area contributed by atoms with E-state index in [0.29, 0.717) is 44.6 Å². The minimum absolute atomic E-state index is 0.131. The third kappa shape index (κ3) is 5.26. The molecule has 2 heterocycles. The highest BCUT2D eigenvalue weighted by molar-refractivity contribution is 5.94. The lowest BCUT2D eigenvalue weighted by Gasteiger charge is -2.42. The Kier molecular flexibility index (Phi) is 6.42. The van der Waals surface area contributed by atoms with E-state index in [-0.39, 0.29) is 18.9 Å². The number of hydrogen-bond acceptors (Lipinski definition) is 4. The fourth-order valence-corrected chi connectivity index (χ4v) is 3.96. The normalized spacial score (nSPS) is 21.2. The van der Waals surface area contributed by atoms with Gasteiger partial charge in [0.25, 0.3) is 5.91 Å². The number of nitriles is 1. The molecule has 2 saturated heterocycles. The van der Waals surface area contributed by atoms with Gasteiger partial charge in [0.15, 0.2) is 0 Å². The van der Waals surface area contributed by atoms with E-state index in [2.05, 4.69) is 6.07 Å². The predicted molar refractivity (Wildman–Crippen MR) is 98.9 cm³/mol. The first-order valence-electron chi connectivity index (χ1n) is 9.63. The fraction of sp³-hybridized carbons (Fsp3) is 0.550. The Morgan fingerprint density at radius 2 is 1.90 bits per heavy atom. The van der Waals surface area contributed by atoms with E-state index in [1.807, 2.05) is 4.90 Å². The van der Waals surface area contributed by atoms with Crippen LogP contribution in [0.3, 0.4) is 0 Å². The maximum absolute atomic E-state index is 12.7. The molecular formula is C20H23F3N4O2. The second-order valence-electron chi connectivity index (χ2n) is 7.40. The van der Waals surface area contributed by atoms with Crippen LogP contribution in [-0.2, 0) is 11.2 Å². The summed E-state index contributed by atoms with van der Waals surface area (Å²) in [4.78, 5) is 29.7. The second kappa shape index (κ2) is 8.82. The number of piperazine rings is 1. The lowest BCUT2D eigenvalue weighted by Crippen LogP contribution is -2.59. The van der Waals surface area contributed by atoms with Crippen LogP contribution >= 0.6 is 0 Å². The van der Waals surface area contributed by atoms with Gasteiger partial charge < -0.3 is 9.80 Å². The molecule has 2 aliphatic heterocycles. The Balaban J connectivity index is 1.58. The van der Waals surface area contributed by atoms with E-state index in [9.17, 15) is 22.8 Å². The van der Waals surface area contributed by atoms with Gasteiger partial charge in [-0.1, -0.05) is 12.1 Å². The highest BCUT2D eigenvalue weighted by Crippen LogP contribution is 2.24. The highest BCUT2D eigenvalue weighted by atomic mass is 19.4. The number of halogens is 3. The van der Waals surface area contributed by atoms with Crippen LogP contribution in [0.5, 0.6) is 0 Å². The van der Waals surface area contributed by atoms with Crippen molar-refractivity contribution in [2.75, 3.05) is 39.3 Å². The molecule has 0 aromatic heterocycles. The van der Waals surface area contributed by atoms with Crippen molar-refractivity contribution in [3.8, 4) is 6.07 Å². The molecule has 6 nitrogen and oxygen atoms in total. The average molecular weight is 408 g/mol. The van der Waals surface area contributed by atoms with E-state index >= 15 is 0 Å². The van der Waals surface area contributed by atoms with E-state index in [4.69, 9.17) is 5.26 Å². The SMILES string of the molecule is N#CCc1cccc(C(=O)N2CCN([C@@H]3CCCN(CC(F)(F)F)C3=O)CC2)c1. The maximum Gasteiger partial charge on any atom is 0.406 e. The summed E-state index contributed by atoms with van der Waals surface area (Å²) in [7, 11) is 0. The van der Waals surface area contributed by atoms with Gasteiger partial charge in [0, 0.05) is 38.3 Å². The molecule has 1 atom stereocenters. The summed E-state index contributed by atoms with van der Waals surface area (Å²) in [5, 5.41) is 8.81. The number of benzene rings is 1. The summed E-state index contributed by atoms with van der Waals surface area (Å²) in [6.45, 7) is 0.626. The number of piperidine rings is 1. The molecular weight excluding hydrogens is 385 g/mol. The molecule has 2 fully saturated rings. The van der Waals surface area contributed by atoms with Crippen LogP contribution in [0.2, 0.25) is 0 Å². The van der Waals surface area contributed by atoms with Crippen LogP contribution in [0, 0.1) is 11.3 Å². The highest BCUT2D eigenvalue weighted by Gasteiger charge is 2.40. The van der Waals surface area contributed by atoms with Crippen LogP contribution in [0.15, 0.2) is 24.3 Å². The summed E-state index contributed by atoms with van der Waals surface area (Å²) in [6.07, 6.45) is -3.09. The molecule has 1 aromatic rings. The molecule has 2 aliphatic rings. The molecule has 0 spiro atoms. The van der Waals surface area contributed by atoms with Crippen LogP contribution in [-0.4, -0.2) is 78.0 Å². The summed E-state index contributed by atoms with van der Waals surface area (Å²) in [5.74, 6) is -0.615. The molecule has 9 heteroatoms. The Morgan fingerprint density at radius 1 is 1.17 bits per heavy atom. The first-order valence-corrected chi connectivity index (χ1v) is 9.63. The Labute approximate surface area is 167 Å². The number of carbonyl (C=O) groups excluding carboxylic acids is 2. The van der Waals surface area contributed by atoms with Crippen molar-refractivity contribution in [2.45, 2.75) is 31.5 Å². The first kappa shape index (κ1) is 21.1. The summed E-state index contributed by atoms with van der Waals surface area (Å²) < 4.78 is 38.1. The van der Waals surface area contributed by atoms with Gasteiger partial charge in [0.05, 0.1) is 18.5 Å². The van der Waals surface area contributed by atoms with Crippen molar-refractivity contribution in [1.29, 1.82) is 5.26 Å². The van der Waals surface area contributed by atoms with Crippen LogP contribution in [0.1, 0.15) is 28.8 Å². The van der Waals surface area contributed by atoms with Gasteiger partial charge in [-0.05, 0) is 30.5 Å². The molecule has 2 amide bonds. The number of amides is 2. The molecule has 0 aliphatic carbocycles. The van der Waals surface area contributed by atoms with Crippen molar-refractivity contribution in [2.24, 2.45) is 0 Å². The quantitative estimate of drug-likeness (QED) is 0.765. The average Bonchev–Trinajstić information content (AvgIpc) is 2.69. The fourth-order valence-electron chi connectivity index (χ4n) is 3.96. The van der Waals surface area contributed by atoms with Gasteiger partial charge in [-0.15, -0.1) is 0 Å². The zero-order valence-electron chi connectivity index (χ0n) is 16.0. The molecule has 0 unspecified atom stereocenters. The summed E-state index contributed by atoms with van der Waals surface area (Å²) in [6, 6.07) is 8.45. The zero-order chi connectivity index (χ0) is 21.0. The molecule has 3 rings (SSSR count). The first-order chi connectivity index (χ1) is 13.8. The number of hydrogen-bond donors (Lipinski definition) is 0. The van der Waals surface area contributed by atoms with Crippen molar-refractivity contribution < 1.29 is 22.8 Å². The molecule has 156 valence electrons. The largest absolute Gasteiger partial charge is 0.406 e. The number of rotatable bonds is 4. The van der Waals surface area contributed by atoms with E-state index in [0.717, 1.165) is 10.5 Å². The number of alkyl halides is 3. The minimum atomic E-state index is -4.40. The second-order valence-corrected chi connectivity index (χ2v) is 7.40. The van der Waals surface area contributed by atoms with E-state index in [1.165, 1.54) is 0 Å². The molecule has 1 aromatic carbocycles. The Morgan fingerprint density at radius 3 is 2.55 bits per heavy atom. The number of carbonyl (C=O) groups is 2. The van der Waals surface area contributed by atoms with Crippen molar-refractivity contribution in [3.05, 3.63) is 35.4 Å². The molecule has 29 heavy (non-hydrogen) atoms. The van der Waals surface area contributed by atoms with E-state index < -0.39 is 24.7 Å². The van der Waals surface area contributed by atoms with Crippen molar-refractivity contribution in [1.82, 2.24) is 14.7 Å². The molecule has 0 radical (unpaired) electrons. The summed E-state index contributed by atoms with van der Waals surface area (Å²) in [5.41, 5.74) is 1.28. The Bertz CT molecular complexity index is 798. The van der Waals surface area contributed by atoms with Gasteiger partial charge in [-0.2, -0.15) is 18.4 Å². The maximum atomic E-state index is 12.7. The Hall–Kier alpha value is -2.60. The number of nitrogens with zero attached hydrogens (tertiary/aromatic N) is 4. The van der Waals surface area contributed by atoms with E-state index in [1.54, 1.807) is 29.2 Å². The summed E-state index contributed by atoms with van der Waals surface area (Å²) >= 11 is 0. The van der Waals surface area contributed by atoms with Gasteiger partial charge in [-0.25, -0.2) is 0 Å². The standard InChI is InChI=1S/C20H23F3N4O2/c21-20(22,23)14-27-8-2-5-17(19(27)29)25-9-11-26(12-10-25)18(28)16-4-1-3-15(13-16)6-7-24/h1,3-4,13,17H,2,5-6,8-12,14H2/t17-/m1/s1. The molecule has 0 saturated carbocycles. The van der Waals surface area contributed by atoms with Crippen LogP contribution in [0.25, 0.3) is 0 Å². The van der Waals surface area contributed by atoms with Gasteiger partial charge in [0.1, 0.15) is 6.54 Å². The van der Waals surface area contributed by atoms with Crippen molar-refractivity contribution in [3.63, 3.8) is 0 Å². The molecule has 0 bridgehead atoms. The van der Waals surface area contributed by atoms with Gasteiger partial charge >= 0.3 is 6.18 Å². The van der Waals surface area contributed by atoms with Crippen LogP contribution in [0.4, 0.5) is 13.2 Å².